The van der Waals surface area contributed by atoms with Crippen LogP contribution in [0.4, 0.5) is 0 Å². The van der Waals surface area contributed by atoms with E-state index in [1.54, 1.807) is 30.9 Å². The van der Waals surface area contributed by atoms with Crippen LogP contribution in [0.15, 0.2) is 52.3 Å². The van der Waals surface area contributed by atoms with E-state index in [2.05, 4.69) is 33.8 Å². The summed E-state index contributed by atoms with van der Waals surface area (Å²) in [5, 5.41) is 0. The Morgan fingerprint density at radius 3 is 2.46 bits per heavy atom. The van der Waals surface area contributed by atoms with Gasteiger partial charge in [0.1, 0.15) is 11.3 Å². The molecular weight excluding hydrogens is 468 g/mol. The van der Waals surface area contributed by atoms with Gasteiger partial charge < -0.3 is 18.6 Å². The second-order valence-electron chi connectivity index (χ2n) is 10.7. The third-order valence-corrected chi connectivity index (χ3v) is 7.07. The van der Waals surface area contributed by atoms with Crippen molar-refractivity contribution in [1.82, 2.24) is 9.13 Å². The lowest BCUT2D eigenvalue weighted by atomic mass is 9.78. The Morgan fingerprint density at radius 1 is 1.05 bits per heavy atom. The average molecular weight is 505 g/mol. The lowest BCUT2D eigenvalue weighted by Gasteiger charge is -2.39. The van der Waals surface area contributed by atoms with Crippen molar-refractivity contribution in [3.8, 4) is 28.1 Å². The summed E-state index contributed by atoms with van der Waals surface area (Å²) in [7, 11) is 1.62. The maximum Gasteiger partial charge on any atom is 0.343 e. The molecule has 0 spiro atoms. The van der Waals surface area contributed by atoms with Crippen LogP contribution in [0.25, 0.3) is 22.4 Å². The molecule has 3 heterocycles. The maximum atomic E-state index is 13.0. The van der Waals surface area contributed by atoms with Crippen LogP contribution in [0.2, 0.25) is 0 Å². The van der Waals surface area contributed by atoms with Gasteiger partial charge in [-0.15, -0.1) is 0 Å². The summed E-state index contributed by atoms with van der Waals surface area (Å²) >= 11 is 0. The standard InChI is InChI=1S/C30H36N2O5/c1-7-9-12-31-17-19(10-11-28(31)34)22-13-20-14-27(30(3,4)5)32-18-23(29(35)37-8-2)25(33)16-24(32)21(20)15-26(22)36-6/h10-11,13,15-18,27H,7-9,12,14H2,1-6H3. The minimum Gasteiger partial charge on any atom is -0.496 e. The number of aryl methyl sites for hydroxylation is 1. The van der Waals surface area contributed by atoms with Crippen LogP contribution in [-0.2, 0) is 17.7 Å². The molecule has 1 unspecified atom stereocenters. The molecule has 196 valence electrons. The highest BCUT2D eigenvalue weighted by Gasteiger charge is 2.34. The first kappa shape index (κ1) is 26.5. The van der Waals surface area contributed by atoms with E-state index < -0.39 is 5.97 Å². The lowest BCUT2D eigenvalue weighted by Crippen LogP contribution is -2.33. The van der Waals surface area contributed by atoms with Crippen molar-refractivity contribution >= 4 is 5.97 Å². The van der Waals surface area contributed by atoms with Crippen molar-refractivity contribution in [1.29, 1.82) is 0 Å². The number of rotatable bonds is 7. The van der Waals surface area contributed by atoms with E-state index in [1.165, 1.54) is 6.07 Å². The van der Waals surface area contributed by atoms with Crippen LogP contribution in [0.5, 0.6) is 5.75 Å². The molecule has 7 nitrogen and oxygen atoms in total. The molecule has 0 saturated heterocycles. The molecule has 0 saturated carbocycles. The number of nitrogens with zero attached hydrogens (tertiary/aromatic N) is 2. The molecule has 0 fully saturated rings. The topological polar surface area (TPSA) is 79.5 Å². The Labute approximate surface area is 217 Å². The van der Waals surface area contributed by atoms with Gasteiger partial charge in [-0.1, -0.05) is 34.1 Å². The predicted molar refractivity (Wildman–Crippen MR) is 145 cm³/mol. The molecule has 2 aromatic heterocycles. The second-order valence-corrected chi connectivity index (χ2v) is 10.7. The van der Waals surface area contributed by atoms with Crippen LogP contribution in [0.3, 0.4) is 0 Å². The van der Waals surface area contributed by atoms with E-state index in [0.717, 1.165) is 40.8 Å². The molecule has 1 aliphatic rings. The molecule has 37 heavy (non-hydrogen) atoms. The highest BCUT2D eigenvalue weighted by Crippen LogP contribution is 2.45. The molecule has 0 bridgehead atoms. The van der Waals surface area contributed by atoms with Gasteiger partial charge in [-0.25, -0.2) is 4.79 Å². The van der Waals surface area contributed by atoms with Crippen LogP contribution < -0.4 is 15.7 Å². The van der Waals surface area contributed by atoms with Crippen molar-refractivity contribution in [2.24, 2.45) is 5.41 Å². The van der Waals surface area contributed by atoms with E-state index in [0.29, 0.717) is 18.7 Å². The Morgan fingerprint density at radius 2 is 1.81 bits per heavy atom. The summed E-state index contributed by atoms with van der Waals surface area (Å²) in [6, 6.07) is 9.05. The van der Waals surface area contributed by atoms with Gasteiger partial charge >= 0.3 is 5.97 Å². The van der Waals surface area contributed by atoms with Crippen LogP contribution in [-0.4, -0.2) is 28.8 Å². The van der Waals surface area contributed by atoms with E-state index >= 15 is 0 Å². The number of fused-ring (bicyclic) bond motifs is 3. The summed E-state index contributed by atoms with van der Waals surface area (Å²) in [6.07, 6.45) is 6.19. The van der Waals surface area contributed by atoms with Crippen molar-refractivity contribution in [3.63, 3.8) is 0 Å². The Bertz CT molecular complexity index is 1440. The first-order valence-electron chi connectivity index (χ1n) is 12.9. The number of hydrogen-bond acceptors (Lipinski definition) is 5. The van der Waals surface area contributed by atoms with Gasteiger partial charge in [-0.05, 0) is 48.9 Å². The van der Waals surface area contributed by atoms with E-state index in [9.17, 15) is 14.4 Å². The number of unbranched alkanes of at least 4 members (excludes halogenated alkanes) is 1. The normalized spacial score (nSPS) is 14.6. The Balaban J connectivity index is 1.91. The minimum atomic E-state index is -0.604. The van der Waals surface area contributed by atoms with Gasteiger partial charge in [-0.2, -0.15) is 0 Å². The third kappa shape index (κ3) is 5.13. The minimum absolute atomic E-state index is 0.00327. The van der Waals surface area contributed by atoms with Gasteiger partial charge in [0.2, 0.25) is 0 Å². The Hall–Kier alpha value is -3.61. The van der Waals surface area contributed by atoms with Gasteiger partial charge in [-0.3, -0.25) is 9.59 Å². The second kappa shape index (κ2) is 10.4. The SMILES string of the molecule is CCCCn1cc(-c2cc3c(cc2OC)-c2cc(=O)c(C(=O)OCC)cn2C(C(C)(C)C)C3)ccc1=O. The van der Waals surface area contributed by atoms with Gasteiger partial charge in [0.05, 0.1) is 19.4 Å². The van der Waals surface area contributed by atoms with E-state index in [1.807, 2.05) is 22.9 Å². The smallest absolute Gasteiger partial charge is 0.343 e. The fourth-order valence-electron chi connectivity index (χ4n) is 5.04. The van der Waals surface area contributed by atoms with Gasteiger partial charge in [0, 0.05) is 53.8 Å². The highest BCUT2D eigenvalue weighted by atomic mass is 16.5. The number of benzene rings is 1. The fourth-order valence-corrected chi connectivity index (χ4v) is 5.04. The molecule has 0 amide bonds. The lowest BCUT2D eigenvalue weighted by molar-refractivity contribution is 0.0523. The van der Waals surface area contributed by atoms with Crippen molar-refractivity contribution < 1.29 is 14.3 Å². The summed E-state index contributed by atoms with van der Waals surface area (Å²) < 4.78 is 14.7. The number of aromatic nitrogens is 2. The molecule has 4 rings (SSSR count). The van der Waals surface area contributed by atoms with Crippen molar-refractivity contribution in [3.05, 3.63) is 74.4 Å². The predicted octanol–water partition coefficient (Wildman–Crippen LogP) is 5.47. The zero-order valence-electron chi connectivity index (χ0n) is 22.6. The quantitative estimate of drug-likeness (QED) is 0.399. The molecule has 0 N–H and O–H groups in total. The Kier molecular flexibility index (Phi) is 7.44. The number of methoxy groups -OCH3 is 1. The molecule has 0 aliphatic carbocycles. The van der Waals surface area contributed by atoms with Crippen molar-refractivity contribution in [2.45, 2.75) is 66.5 Å². The first-order chi connectivity index (χ1) is 17.6. The number of ether oxygens (including phenoxy) is 2. The van der Waals surface area contributed by atoms with E-state index in [-0.39, 0.29) is 34.6 Å². The highest BCUT2D eigenvalue weighted by molar-refractivity contribution is 5.89. The molecular formula is C30H36N2O5. The van der Waals surface area contributed by atoms with E-state index in [4.69, 9.17) is 9.47 Å². The molecule has 7 heteroatoms. The fraction of sp³-hybridized carbons (Fsp3) is 0.433. The monoisotopic (exact) mass is 504 g/mol. The number of carbonyl (C=O) groups is 1. The van der Waals surface area contributed by atoms with Crippen LogP contribution >= 0.6 is 0 Å². The zero-order valence-corrected chi connectivity index (χ0v) is 22.6. The molecule has 0 radical (unpaired) electrons. The zero-order chi connectivity index (χ0) is 26.9. The number of hydrogen-bond donors (Lipinski definition) is 0. The molecule has 3 aromatic rings. The maximum absolute atomic E-state index is 13.0. The summed E-state index contributed by atoms with van der Waals surface area (Å²) in [5.74, 6) is 0.0505. The average Bonchev–Trinajstić information content (AvgIpc) is 2.86. The van der Waals surface area contributed by atoms with Crippen LogP contribution in [0, 0.1) is 5.41 Å². The summed E-state index contributed by atoms with van der Waals surface area (Å²) in [4.78, 5) is 37.9. The summed E-state index contributed by atoms with van der Waals surface area (Å²) in [6.45, 7) is 11.2. The number of esters is 1. The number of carbonyl (C=O) groups excluding carboxylic acids is 1. The molecule has 1 atom stereocenters. The largest absolute Gasteiger partial charge is 0.496 e. The first-order valence-corrected chi connectivity index (χ1v) is 12.9. The molecule has 1 aliphatic heterocycles. The van der Waals surface area contributed by atoms with Gasteiger partial charge in [0.25, 0.3) is 5.56 Å². The van der Waals surface area contributed by atoms with Crippen LogP contribution in [0.1, 0.15) is 69.4 Å². The summed E-state index contributed by atoms with van der Waals surface area (Å²) in [5.41, 5.74) is 4.04. The third-order valence-electron chi connectivity index (χ3n) is 7.07. The number of pyridine rings is 2. The molecule has 1 aromatic carbocycles. The van der Waals surface area contributed by atoms with Gasteiger partial charge in [0.15, 0.2) is 5.43 Å². The van der Waals surface area contributed by atoms with Crippen molar-refractivity contribution in [2.75, 3.05) is 13.7 Å².